The Bertz CT molecular complexity index is 419. The summed E-state index contributed by atoms with van der Waals surface area (Å²) in [6.07, 6.45) is 3.73. The zero-order valence-electron chi connectivity index (χ0n) is 14.2. The van der Waals surface area contributed by atoms with Crippen molar-refractivity contribution in [3.8, 4) is 0 Å². The van der Waals surface area contributed by atoms with Crippen molar-refractivity contribution in [2.45, 2.75) is 59.0 Å². The molecule has 1 aliphatic rings. The minimum atomic E-state index is 0.563. The van der Waals surface area contributed by atoms with Gasteiger partial charge in [0, 0.05) is 18.6 Å². The Morgan fingerprint density at radius 2 is 1.81 bits per heavy atom. The lowest BCUT2D eigenvalue weighted by molar-refractivity contribution is 0.175. The molecule has 0 saturated carbocycles. The predicted octanol–water partition coefficient (Wildman–Crippen LogP) is 3.64. The number of piperidine rings is 1. The molecule has 1 aliphatic heterocycles. The summed E-state index contributed by atoms with van der Waals surface area (Å²) in [6, 6.07) is 10.0. The van der Waals surface area contributed by atoms with Gasteiger partial charge in [-0.05, 0) is 63.2 Å². The van der Waals surface area contributed by atoms with Crippen LogP contribution < -0.4 is 5.32 Å². The van der Waals surface area contributed by atoms with Crippen LogP contribution in [0.4, 0.5) is 0 Å². The van der Waals surface area contributed by atoms with Gasteiger partial charge in [-0.2, -0.15) is 0 Å². The maximum atomic E-state index is 3.84. The normalized spacial score (nSPS) is 19.1. The lowest BCUT2D eigenvalue weighted by Crippen LogP contribution is -2.46. The minimum Gasteiger partial charge on any atom is -0.311 e. The number of hydrogen-bond donors (Lipinski definition) is 1. The topological polar surface area (TPSA) is 15.3 Å². The highest BCUT2D eigenvalue weighted by Crippen LogP contribution is 2.15. The van der Waals surface area contributed by atoms with Crippen LogP contribution in [-0.2, 0) is 6.42 Å². The number of aryl methyl sites for hydroxylation is 1. The first-order chi connectivity index (χ1) is 10.0. The van der Waals surface area contributed by atoms with Crippen molar-refractivity contribution in [2.24, 2.45) is 5.92 Å². The molecule has 0 aromatic heterocycles. The van der Waals surface area contributed by atoms with Crippen LogP contribution in [0.25, 0.3) is 0 Å². The van der Waals surface area contributed by atoms with Crippen LogP contribution in [-0.4, -0.2) is 36.6 Å². The van der Waals surface area contributed by atoms with E-state index in [0.717, 1.165) is 12.3 Å². The highest BCUT2D eigenvalue weighted by Gasteiger charge is 2.20. The summed E-state index contributed by atoms with van der Waals surface area (Å²) in [5.41, 5.74) is 2.90. The van der Waals surface area contributed by atoms with Gasteiger partial charge in [0.15, 0.2) is 0 Å². The molecular weight excluding hydrogens is 256 g/mol. The molecule has 0 radical (unpaired) electrons. The van der Waals surface area contributed by atoms with Crippen molar-refractivity contribution in [1.82, 2.24) is 10.2 Å². The first-order valence-corrected chi connectivity index (χ1v) is 8.57. The molecule has 1 fully saturated rings. The third-order valence-electron chi connectivity index (χ3n) is 4.52. The smallest absolute Gasteiger partial charge is 0.00940 e. The number of hydrogen-bond acceptors (Lipinski definition) is 2. The Morgan fingerprint density at radius 1 is 1.14 bits per heavy atom. The number of rotatable bonds is 6. The average molecular weight is 288 g/mol. The molecule has 0 spiro atoms. The quantitative estimate of drug-likeness (QED) is 0.860. The second kappa shape index (κ2) is 7.95. The molecule has 21 heavy (non-hydrogen) atoms. The first kappa shape index (κ1) is 16.5. The van der Waals surface area contributed by atoms with E-state index >= 15 is 0 Å². The van der Waals surface area contributed by atoms with Crippen molar-refractivity contribution in [1.29, 1.82) is 0 Å². The van der Waals surface area contributed by atoms with E-state index < -0.39 is 0 Å². The van der Waals surface area contributed by atoms with Crippen LogP contribution >= 0.6 is 0 Å². The number of benzene rings is 1. The van der Waals surface area contributed by atoms with E-state index in [4.69, 9.17) is 0 Å². The van der Waals surface area contributed by atoms with Crippen LogP contribution in [0.1, 0.15) is 44.7 Å². The fourth-order valence-corrected chi connectivity index (χ4v) is 3.43. The van der Waals surface area contributed by atoms with Gasteiger partial charge in [0.2, 0.25) is 0 Å². The third-order valence-corrected chi connectivity index (χ3v) is 4.52. The summed E-state index contributed by atoms with van der Waals surface area (Å²) in [5.74, 6) is 0.787. The van der Waals surface area contributed by atoms with Gasteiger partial charge in [-0.1, -0.05) is 38.1 Å². The fraction of sp³-hybridized carbons (Fsp3) is 0.684. The standard InChI is InChI=1S/C19H32N2/c1-15(2)14-21-11-9-19(10-12-21)20-17(4)13-18-8-6-5-7-16(18)3/h5-8,15,17,19-20H,9-14H2,1-4H3. The molecule has 1 atom stereocenters. The van der Waals surface area contributed by atoms with Gasteiger partial charge >= 0.3 is 0 Å². The van der Waals surface area contributed by atoms with Gasteiger partial charge in [0.25, 0.3) is 0 Å². The van der Waals surface area contributed by atoms with Crippen LogP contribution in [0.5, 0.6) is 0 Å². The summed E-state index contributed by atoms with van der Waals surface area (Å²) in [7, 11) is 0. The Kier molecular flexibility index (Phi) is 6.25. The van der Waals surface area contributed by atoms with Gasteiger partial charge in [0.1, 0.15) is 0 Å². The Balaban J connectivity index is 1.74. The molecule has 1 saturated heterocycles. The van der Waals surface area contributed by atoms with E-state index in [0.29, 0.717) is 12.1 Å². The highest BCUT2D eigenvalue weighted by molar-refractivity contribution is 5.26. The van der Waals surface area contributed by atoms with Gasteiger partial charge in [0.05, 0.1) is 0 Å². The van der Waals surface area contributed by atoms with E-state index in [2.05, 4.69) is 62.2 Å². The Morgan fingerprint density at radius 3 is 2.43 bits per heavy atom. The summed E-state index contributed by atoms with van der Waals surface area (Å²) in [5, 5.41) is 3.84. The SMILES string of the molecule is Cc1ccccc1CC(C)NC1CCN(CC(C)C)CC1. The fourth-order valence-electron chi connectivity index (χ4n) is 3.43. The number of likely N-dealkylation sites (tertiary alicyclic amines) is 1. The molecule has 2 heteroatoms. The molecular formula is C19H32N2. The van der Waals surface area contributed by atoms with E-state index in [9.17, 15) is 0 Å². The zero-order chi connectivity index (χ0) is 15.2. The molecule has 2 rings (SSSR count). The minimum absolute atomic E-state index is 0.563. The van der Waals surface area contributed by atoms with Crippen LogP contribution in [0.15, 0.2) is 24.3 Å². The summed E-state index contributed by atoms with van der Waals surface area (Å²) in [6.45, 7) is 12.9. The monoisotopic (exact) mass is 288 g/mol. The first-order valence-electron chi connectivity index (χ1n) is 8.57. The molecule has 1 N–H and O–H groups in total. The van der Waals surface area contributed by atoms with Gasteiger partial charge in [-0.25, -0.2) is 0 Å². The van der Waals surface area contributed by atoms with E-state index in [1.807, 2.05) is 0 Å². The summed E-state index contributed by atoms with van der Waals surface area (Å²) >= 11 is 0. The summed E-state index contributed by atoms with van der Waals surface area (Å²) in [4.78, 5) is 2.62. The third kappa shape index (κ3) is 5.44. The van der Waals surface area contributed by atoms with E-state index in [1.165, 1.54) is 43.6 Å². The van der Waals surface area contributed by atoms with Crippen LogP contribution in [0, 0.1) is 12.8 Å². The second-order valence-corrected chi connectivity index (χ2v) is 7.17. The van der Waals surface area contributed by atoms with E-state index in [-0.39, 0.29) is 0 Å². The maximum absolute atomic E-state index is 3.84. The Hall–Kier alpha value is -0.860. The molecule has 0 aliphatic carbocycles. The maximum Gasteiger partial charge on any atom is 0.00940 e. The number of nitrogens with one attached hydrogen (secondary N) is 1. The van der Waals surface area contributed by atoms with Crippen molar-refractivity contribution >= 4 is 0 Å². The van der Waals surface area contributed by atoms with Crippen molar-refractivity contribution < 1.29 is 0 Å². The molecule has 1 unspecified atom stereocenters. The van der Waals surface area contributed by atoms with Crippen molar-refractivity contribution in [3.05, 3.63) is 35.4 Å². The molecule has 118 valence electrons. The molecule has 2 nitrogen and oxygen atoms in total. The van der Waals surface area contributed by atoms with Crippen LogP contribution in [0.3, 0.4) is 0 Å². The molecule has 1 heterocycles. The van der Waals surface area contributed by atoms with Crippen molar-refractivity contribution in [2.75, 3.05) is 19.6 Å². The van der Waals surface area contributed by atoms with E-state index in [1.54, 1.807) is 0 Å². The predicted molar refractivity (Wildman–Crippen MR) is 91.8 cm³/mol. The van der Waals surface area contributed by atoms with Gasteiger partial charge in [-0.3, -0.25) is 0 Å². The Labute approximate surface area is 130 Å². The molecule has 1 aromatic carbocycles. The molecule has 1 aromatic rings. The second-order valence-electron chi connectivity index (χ2n) is 7.17. The highest BCUT2D eigenvalue weighted by atomic mass is 15.1. The van der Waals surface area contributed by atoms with Crippen molar-refractivity contribution in [3.63, 3.8) is 0 Å². The zero-order valence-corrected chi connectivity index (χ0v) is 14.2. The average Bonchev–Trinajstić information content (AvgIpc) is 2.43. The molecule has 0 bridgehead atoms. The summed E-state index contributed by atoms with van der Waals surface area (Å²) < 4.78 is 0. The number of nitrogens with zero attached hydrogens (tertiary/aromatic N) is 1. The van der Waals surface area contributed by atoms with Gasteiger partial charge in [-0.15, -0.1) is 0 Å². The lowest BCUT2D eigenvalue weighted by Gasteiger charge is -2.34. The molecule has 0 amide bonds. The van der Waals surface area contributed by atoms with Crippen LogP contribution in [0.2, 0.25) is 0 Å². The van der Waals surface area contributed by atoms with Gasteiger partial charge < -0.3 is 10.2 Å². The largest absolute Gasteiger partial charge is 0.311 e. The lowest BCUT2D eigenvalue weighted by atomic mass is 9.99.